The lowest BCUT2D eigenvalue weighted by Gasteiger charge is -2.40. The Labute approximate surface area is 247 Å². The zero-order valence-electron chi connectivity index (χ0n) is 21.7. The molecule has 1 fully saturated rings. The van der Waals surface area contributed by atoms with Crippen LogP contribution >= 0.6 is 37.0 Å². The van der Waals surface area contributed by atoms with Crippen molar-refractivity contribution in [3.63, 3.8) is 0 Å². The van der Waals surface area contributed by atoms with Gasteiger partial charge in [-0.2, -0.15) is 15.1 Å². The molecule has 25 heteroatoms. The van der Waals surface area contributed by atoms with Crippen LogP contribution in [-0.4, -0.2) is 75.8 Å². The van der Waals surface area contributed by atoms with Gasteiger partial charge in [-0.15, -0.1) is 9.35 Å². The summed E-state index contributed by atoms with van der Waals surface area (Å²) < 4.78 is 103. The highest BCUT2D eigenvalue weighted by Gasteiger charge is 2.65. The minimum absolute atomic E-state index is 0.00155. The second-order valence-electron chi connectivity index (χ2n) is 9.48. The van der Waals surface area contributed by atoms with Crippen LogP contribution < -0.4 is 5.32 Å². The SMILES string of the molecule is C[C@@H](Nc1nc(Cl)nc2c1cnn2[C@@H]1O[C@H](COOP(=O)(CP(=O)(O)O)OO)[C@@H](O)[C@H]1O)c1ccc(S(F)(F)(F)(F)F)cc1. The van der Waals surface area contributed by atoms with Crippen LogP contribution in [0.5, 0.6) is 0 Å². The summed E-state index contributed by atoms with van der Waals surface area (Å²) in [6.07, 6.45) is -5.12. The Balaban J connectivity index is 1.51. The number of fused-ring (bicyclic) bond motifs is 1. The topological polar surface area (TPSA) is 228 Å². The number of nitrogens with zero attached hydrogens (tertiary/aromatic N) is 4. The third-order valence-electron chi connectivity index (χ3n) is 6.06. The van der Waals surface area contributed by atoms with Gasteiger partial charge in [-0.05, 0) is 36.2 Å². The number of aliphatic hydroxyl groups excluding tert-OH is 2. The molecule has 3 heterocycles. The van der Waals surface area contributed by atoms with Gasteiger partial charge in [0.25, 0.3) is 0 Å². The average Bonchev–Trinajstić information content (AvgIpc) is 3.42. The van der Waals surface area contributed by atoms with Gasteiger partial charge in [-0.3, -0.25) is 9.13 Å². The van der Waals surface area contributed by atoms with E-state index in [-0.39, 0.29) is 39.8 Å². The molecule has 0 spiro atoms. The molecule has 3 aromatic rings. The number of ether oxygens (including phenoxy) is 1. The summed E-state index contributed by atoms with van der Waals surface area (Å²) in [4.78, 5) is 28.4. The van der Waals surface area contributed by atoms with Gasteiger partial charge in [0.15, 0.2) is 17.8 Å². The first-order chi connectivity index (χ1) is 20.0. The highest BCUT2D eigenvalue weighted by molar-refractivity contribution is 8.45. The van der Waals surface area contributed by atoms with Crippen LogP contribution in [-0.2, 0) is 28.1 Å². The molecule has 0 aliphatic carbocycles. The molecule has 1 aromatic carbocycles. The number of anilines is 1. The van der Waals surface area contributed by atoms with Gasteiger partial charge in [-0.1, -0.05) is 31.6 Å². The maximum atomic E-state index is 13.1. The van der Waals surface area contributed by atoms with Gasteiger partial charge in [0.1, 0.15) is 35.6 Å². The van der Waals surface area contributed by atoms with Crippen LogP contribution in [0.2, 0.25) is 5.28 Å². The molecule has 16 nitrogen and oxygen atoms in total. The smallest absolute Gasteiger partial charge is 0.387 e. The maximum absolute atomic E-state index is 13.1. The summed E-state index contributed by atoms with van der Waals surface area (Å²) >= 11 is 6.04. The predicted molar refractivity (Wildman–Crippen MR) is 141 cm³/mol. The first-order valence-electron chi connectivity index (χ1n) is 11.8. The fourth-order valence-electron chi connectivity index (χ4n) is 4.03. The first kappa shape index (κ1) is 34.8. The van der Waals surface area contributed by atoms with E-state index in [0.717, 1.165) is 16.8 Å². The molecule has 1 aliphatic rings. The molecular weight excluding hydrogens is 699 g/mol. The number of hydrogen-bond donors (Lipinski definition) is 6. The van der Waals surface area contributed by atoms with Crippen LogP contribution in [0.4, 0.5) is 25.2 Å². The van der Waals surface area contributed by atoms with Gasteiger partial charge in [0, 0.05) is 6.04 Å². The lowest BCUT2D eigenvalue weighted by atomic mass is 10.1. The number of halogens is 6. The Bertz CT molecular complexity index is 1640. The summed E-state index contributed by atoms with van der Waals surface area (Å²) in [7, 11) is -19.7. The predicted octanol–water partition coefficient (Wildman–Crippen LogP) is 4.70. The quantitative estimate of drug-likeness (QED) is 0.0490. The third-order valence-corrected chi connectivity index (χ3v) is 10.8. The molecule has 1 saturated heterocycles. The Hall–Kier alpha value is -2.04. The average molecular weight is 722 g/mol. The summed E-state index contributed by atoms with van der Waals surface area (Å²) in [5.74, 6) is -1.54. The minimum Gasteiger partial charge on any atom is -0.387 e. The van der Waals surface area contributed by atoms with E-state index in [0.29, 0.717) is 0 Å². The molecule has 1 unspecified atom stereocenters. The molecular formula is C19H23ClF5N5O11P2S. The second kappa shape index (κ2) is 11.3. The zero-order chi connectivity index (χ0) is 32.9. The second-order valence-corrected chi connectivity index (χ2v) is 16.2. The zero-order valence-corrected chi connectivity index (χ0v) is 25.1. The third kappa shape index (κ3) is 8.02. The molecule has 4 rings (SSSR count). The van der Waals surface area contributed by atoms with Gasteiger partial charge >= 0.3 is 25.4 Å². The number of aliphatic hydroxyl groups is 2. The molecule has 1 aliphatic heterocycles. The van der Waals surface area contributed by atoms with Crippen molar-refractivity contribution in [3.05, 3.63) is 41.3 Å². The van der Waals surface area contributed by atoms with E-state index < -0.39 is 73.4 Å². The molecule has 6 atom stereocenters. The molecule has 2 aromatic heterocycles. The van der Waals surface area contributed by atoms with E-state index in [1.807, 2.05) is 0 Å². The number of hydrogen-bond acceptors (Lipinski definition) is 13. The fourth-order valence-corrected chi connectivity index (χ4v) is 7.30. The number of aromatic nitrogens is 4. The molecule has 0 radical (unpaired) electrons. The highest BCUT2D eigenvalue weighted by Crippen LogP contribution is 3.02. The van der Waals surface area contributed by atoms with E-state index >= 15 is 0 Å². The number of benzene rings is 1. The van der Waals surface area contributed by atoms with Crippen LogP contribution in [0.1, 0.15) is 24.8 Å². The van der Waals surface area contributed by atoms with Crippen molar-refractivity contribution in [2.24, 2.45) is 0 Å². The van der Waals surface area contributed by atoms with Crippen LogP contribution in [0.3, 0.4) is 0 Å². The normalized spacial score (nSPS) is 24.9. The van der Waals surface area contributed by atoms with Gasteiger partial charge in [0.2, 0.25) is 5.28 Å². The van der Waals surface area contributed by atoms with E-state index in [1.165, 1.54) is 13.1 Å². The molecule has 44 heavy (non-hydrogen) atoms. The molecule has 0 bridgehead atoms. The van der Waals surface area contributed by atoms with Crippen LogP contribution in [0.15, 0.2) is 35.4 Å². The number of rotatable bonds is 12. The molecule has 0 amide bonds. The van der Waals surface area contributed by atoms with Crippen molar-refractivity contribution >= 4 is 53.9 Å². The van der Waals surface area contributed by atoms with Gasteiger partial charge < -0.3 is 30.1 Å². The minimum atomic E-state index is -9.87. The van der Waals surface area contributed by atoms with Gasteiger partial charge in [0.05, 0.1) is 11.6 Å². The summed E-state index contributed by atoms with van der Waals surface area (Å²) in [6, 6.07) is 1.45. The van der Waals surface area contributed by atoms with Crippen molar-refractivity contribution in [1.29, 1.82) is 0 Å². The Morgan fingerprint density at radius 1 is 1.11 bits per heavy atom. The van der Waals surface area contributed by atoms with E-state index in [1.54, 1.807) is 0 Å². The standard InChI is InChI=1S/C19H23ClF5N5O11P2S/c1-9(10-2-4-11(5-3-10)44(21,22,23,24)25)27-16-12-6-26-30(17(12)29-19(20)28-16)18-15(32)14(31)13(39-18)7-38-41-43(37,40-33)8-42(34,35)36/h2-6,9,13-15,18,31-33H,7-8H2,1H3,(H,27,28,29)(H2,34,35,36)/t9-,13-,14-,15-,18-,43?/m1/s1. The number of nitrogens with one attached hydrogen (secondary N) is 1. The van der Waals surface area contributed by atoms with E-state index in [4.69, 9.17) is 31.4 Å². The monoisotopic (exact) mass is 721 g/mol. The van der Waals surface area contributed by atoms with Crippen LogP contribution in [0, 0.1) is 0 Å². The van der Waals surface area contributed by atoms with Crippen molar-refractivity contribution in [1.82, 2.24) is 19.7 Å². The van der Waals surface area contributed by atoms with Crippen LogP contribution in [0.25, 0.3) is 11.0 Å². The van der Waals surface area contributed by atoms with Gasteiger partial charge in [-0.25, -0.2) is 14.8 Å². The lowest BCUT2D eigenvalue weighted by molar-refractivity contribution is -0.261. The molecule has 0 saturated carbocycles. The van der Waals surface area contributed by atoms with Crippen molar-refractivity contribution in [3.8, 4) is 0 Å². The summed E-state index contributed by atoms with van der Waals surface area (Å²) in [6.45, 7) is 0.692. The Morgan fingerprint density at radius 2 is 1.75 bits per heavy atom. The van der Waals surface area contributed by atoms with Crippen molar-refractivity contribution in [2.45, 2.75) is 42.4 Å². The fraction of sp³-hybridized carbons (Fsp3) is 0.421. The Morgan fingerprint density at radius 3 is 2.32 bits per heavy atom. The highest BCUT2D eigenvalue weighted by atomic mass is 35.5. The van der Waals surface area contributed by atoms with E-state index in [2.05, 4.69) is 34.6 Å². The lowest BCUT2D eigenvalue weighted by Crippen LogP contribution is -2.34. The van der Waals surface area contributed by atoms with Crippen molar-refractivity contribution in [2.75, 3.05) is 17.8 Å². The summed E-state index contributed by atoms with van der Waals surface area (Å²) in [5, 5.41) is 36.4. The Kier molecular flexibility index (Phi) is 8.97. The summed E-state index contributed by atoms with van der Waals surface area (Å²) in [5.41, 5.74) is 0.107. The largest absolute Gasteiger partial charge is 0.396 e. The van der Waals surface area contributed by atoms with Crippen molar-refractivity contribution < 1.29 is 72.8 Å². The first-order valence-corrected chi connectivity index (χ1v) is 17.7. The van der Waals surface area contributed by atoms with E-state index in [9.17, 15) is 38.8 Å². The maximum Gasteiger partial charge on any atom is 0.396 e. The molecule has 248 valence electrons. The molecule has 6 N–H and O–H groups in total.